The second kappa shape index (κ2) is 10.1. The van der Waals surface area contributed by atoms with Crippen LogP contribution in [0.15, 0.2) is 42.5 Å². The lowest BCUT2D eigenvalue weighted by Gasteiger charge is -2.42. The fourth-order valence-corrected chi connectivity index (χ4v) is 5.66. The molecule has 0 saturated heterocycles. The van der Waals surface area contributed by atoms with Gasteiger partial charge in [-0.2, -0.15) is 0 Å². The summed E-state index contributed by atoms with van der Waals surface area (Å²) in [5.41, 5.74) is 0.805. The average Bonchev–Trinajstić information content (AvgIpc) is 2.82. The third-order valence-corrected chi connectivity index (χ3v) is 7.75. The fraction of sp³-hybridized carbons (Fsp3) is 0.480. The molecule has 0 spiro atoms. The van der Waals surface area contributed by atoms with Crippen molar-refractivity contribution in [3.63, 3.8) is 0 Å². The van der Waals surface area contributed by atoms with Crippen molar-refractivity contribution in [1.82, 2.24) is 5.32 Å². The number of hydrogen-bond acceptors (Lipinski definition) is 6. The number of rotatable bonds is 9. The lowest BCUT2D eigenvalue weighted by Crippen LogP contribution is -2.51. The molecule has 0 bridgehead atoms. The summed E-state index contributed by atoms with van der Waals surface area (Å²) in [7, 11) is -0.817. The number of benzene rings is 2. The van der Waals surface area contributed by atoms with Crippen molar-refractivity contribution in [2.24, 2.45) is 0 Å². The van der Waals surface area contributed by atoms with Gasteiger partial charge in [0.15, 0.2) is 11.5 Å². The number of carbonyl (C=O) groups is 1. The van der Waals surface area contributed by atoms with Crippen LogP contribution >= 0.6 is 0 Å². The Morgan fingerprint density at radius 2 is 1.79 bits per heavy atom. The summed E-state index contributed by atoms with van der Waals surface area (Å²) in [6.45, 7) is 5.72. The minimum absolute atomic E-state index is 0.299. The van der Waals surface area contributed by atoms with E-state index in [-0.39, 0.29) is 6.04 Å². The molecule has 8 nitrogen and oxygen atoms in total. The summed E-state index contributed by atoms with van der Waals surface area (Å²) in [6.07, 6.45) is 3.27. The van der Waals surface area contributed by atoms with Crippen LogP contribution in [0.3, 0.4) is 0 Å². The summed E-state index contributed by atoms with van der Waals surface area (Å²) in [5.74, 6) is 1.18. The molecule has 1 N–H and O–H groups in total. The van der Waals surface area contributed by atoms with Gasteiger partial charge in [-0.25, -0.2) is 8.42 Å². The highest BCUT2D eigenvalue weighted by atomic mass is 32.2. The summed E-state index contributed by atoms with van der Waals surface area (Å²) in [6, 6.07) is 11.1. The van der Waals surface area contributed by atoms with Gasteiger partial charge in [-0.1, -0.05) is 32.0 Å². The molecule has 9 heteroatoms. The standard InChI is InChI=1S/C25H34N2O6S/c1-7-25(8-2)16-20(19-11-9-10-12-21(19)33-25)26-24(28)17(3)27(34(6,29)30)18-13-14-22(31-4)23(15-18)32-5/h9-15,17,20H,7-8,16H2,1-6H3,(H,26,28)/t17-,20+/m0/s1. The molecule has 0 aliphatic carbocycles. The Kier molecular flexibility index (Phi) is 7.65. The Balaban J connectivity index is 1.93. The Hall–Kier alpha value is -2.94. The zero-order valence-corrected chi connectivity index (χ0v) is 21.4. The van der Waals surface area contributed by atoms with Gasteiger partial charge in [-0.15, -0.1) is 0 Å². The molecule has 1 aliphatic heterocycles. The number of ether oxygens (including phenoxy) is 3. The van der Waals surface area contributed by atoms with E-state index in [0.717, 1.165) is 34.7 Å². The maximum atomic E-state index is 13.4. The van der Waals surface area contributed by atoms with E-state index in [1.54, 1.807) is 25.1 Å². The first-order chi connectivity index (χ1) is 16.1. The zero-order chi connectivity index (χ0) is 25.1. The van der Waals surface area contributed by atoms with E-state index >= 15 is 0 Å². The van der Waals surface area contributed by atoms with Gasteiger partial charge in [-0.3, -0.25) is 9.10 Å². The summed E-state index contributed by atoms with van der Waals surface area (Å²) in [4.78, 5) is 13.4. The topological polar surface area (TPSA) is 94.2 Å². The number of hydrogen-bond donors (Lipinski definition) is 1. The van der Waals surface area contributed by atoms with Crippen LogP contribution < -0.4 is 23.8 Å². The molecular formula is C25H34N2O6S. The van der Waals surface area contributed by atoms with Crippen LogP contribution in [-0.4, -0.2) is 46.4 Å². The lowest BCUT2D eigenvalue weighted by molar-refractivity contribution is -0.123. The van der Waals surface area contributed by atoms with Crippen LogP contribution in [0.4, 0.5) is 5.69 Å². The van der Waals surface area contributed by atoms with Gasteiger partial charge in [0.1, 0.15) is 17.4 Å². The predicted octanol–water partition coefficient (Wildman–Crippen LogP) is 4.06. The van der Waals surface area contributed by atoms with Crippen LogP contribution in [0.5, 0.6) is 17.2 Å². The molecule has 2 atom stereocenters. The van der Waals surface area contributed by atoms with Crippen LogP contribution in [-0.2, 0) is 14.8 Å². The van der Waals surface area contributed by atoms with Crippen LogP contribution in [0.25, 0.3) is 0 Å². The molecule has 1 amide bonds. The number of methoxy groups -OCH3 is 2. The normalized spacial score (nSPS) is 17.6. The number of amides is 1. The number of para-hydroxylation sites is 1. The number of carbonyl (C=O) groups excluding carboxylic acids is 1. The quantitative estimate of drug-likeness (QED) is 0.570. The summed E-state index contributed by atoms with van der Waals surface area (Å²) >= 11 is 0. The number of nitrogens with one attached hydrogen (secondary N) is 1. The molecule has 186 valence electrons. The highest BCUT2D eigenvalue weighted by Gasteiger charge is 2.40. The van der Waals surface area contributed by atoms with Crippen molar-refractivity contribution in [3.8, 4) is 17.2 Å². The smallest absolute Gasteiger partial charge is 0.244 e. The van der Waals surface area contributed by atoms with Crippen molar-refractivity contribution in [3.05, 3.63) is 48.0 Å². The zero-order valence-electron chi connectivity index (χ0n) is 20.6. The third kappa shape index (κ3) is 5.09. The second-order valence-electron chi connectivity index (χ2n) is 8.57. The molecule has 3 rings (SSSR count). The second-order valence-corrected chi connectivity index (χ2v) is 10.4. The Morgan fingerprint density at radius 1 is 1.15 bits per heavy atom. The van der Waals surface area contributed by atoms with Gasteiger partial charge < -0.3 is 19.5 Å². The largest absolute Gasteiger partial charge is 0.493 e. The molecule has 0 saturated carbocycles. The molecule has 0 unspecified atom stereocenters. The van der Waals surface area contributed by atoms with Crippen molar-refractivity contribution in [2.45, 2.75) is 57.7 Å². The van der Waals surface area contributed by atoms with E-state index in [0.29, 0.717) is 23.6 Å². The monoisotopic (exact) mass is 490 g/mol. The third-order valence-electron chi connectivity index (χ3n) is 6.51. The van der Waals surface area contributed by atoms with E-state index in [1.807, 2.05) is 24.3 Å². The van der Waals surface area contributed by atoms with Gasteiger partial charge >= 0.3 is 0 Å². The summed E-state index contributed by atoms with van der Waals surface area (Å²) in [5, 5.41) is 3.09. The highest BCUT2D eigenvalue weighted by molar-refractivity contribution is 7.92. The van der Waals surface area contributed by atoms with Gasteiger partial charge in [0, 0.05) is 18.1 Å². The van der Waals surface area contributed by atoms with Crippen molar-refractivity contribution in [1.29, 1.82) is 0 Å². The highest BCUT2D eigenvalue weighted by Crippen LogP contribution is 2.43. The number of sulfonamides is 1. The maximum absolute atomic E-state index is 13.4. The van der Waals surface area contributed by atoms with Crippen LogP contribution in [0.1, 0.15) is 51.6 Å². The summed E-state index contributed by atoms with van der Waals surface area (Å²) < 4.78 is 43.6. The predicted molar refractivity (Wildman–Crippen MR) is 132 cm³/mol. The molecule has 0 fully saturated rings. The molecule has 0 aromatic heterocycles. The Morgan fingerprint density at radius 3 is 2.38 bits per heavy atom. The first-order valence-electron chi connectivity index (χ1n) is 11.4. The van der Waals surface area contributed by atoms with Gasteiger partial charge in [0.2, 0.25) is 15.9 Å². The first-order valence-corrected chi connectivity index (χ1v) is 13.2. The first kappa shape index (κ1) is 25.7. The Labute approximate surface area is 202 Å². The molecule has 1 aliphatic rings. The van der Waals surface area contributed by atoms with Gasteiger partial charge in [-0.05, 0) is 38.0 Å². The van der Waals surface area contributed by atoms with Gasteiger partial charge in [0.05, 0.1) is 32.2 Å². The number of fused-ring (bicyclic) bond motifs is 1. The average molecular weight is 491 g/mol. The molecule has 2 aromatic carbocycles. The van der Waals surface area contributed by atoms with E-state index in [1.165, 1.54) is 14.2 Å². The van der Waals surface area contributed by atoms with Crippen molar-refractivity contribution in [2.75, 3.05) is 24.8 Å². The Bertz CT molecular complexity index is 1130. The number of nitrogens with zero attached hydrogens (tertiary/aromatic N) is 1. The van der Waals surface area contributed by atoms with E-state index in [4.69, 9.17) is 14.2 Å². The molecule has 1 heterocycles. The molecule has 34 heavy (non-hydrogen) atoms. The molecular weight excluding hydrogens is 456 g/mol. The van der Waals surface area contributed by atoms with Crippen LogP contribution in [0.2, 0.25) is 0 Å². The fourth-order valence-electron chi connectivity index (χ4n) is 4.49. The van der Waals surface area contributed by atoms with Crippen LogP contribution in [0, 0.1) is 0 Å². The lowest BCUT2D eigenvalue weighted by atomic mass is 9.83. The van der Waals surface area contributed by atoms with E-state index in [9.17, 15) is 13.2 Å². The minimum Gasteiger partial charge on any atom is -0.493 e. The van der Waals surface area contributed by atoms with Crippen molar-refractivity contribution >= 4 is 21.6 Å². The van der Waals surface area contributed by atoms with E-state index in [2.05, 4.69) is 19.2 Å². The molecule has 0 radical (unpaired) electrons. The minimum atomic E-state index is -3.79. The van der Waals surface area contributed by atoms with E-state index < -0.39 is 27.6 Å². The maximum Gasteiger partial charge on any atom is 0.244 e. The van der Waals surface area contributed by atoms with Crippen molar-refractivity contribution < 1.29 is 27.4 Å². The SMILES string of the molecule is CCC1(CC)C[C@@H](NC(=O)[C@H](C)N(c2ccc(OC)c(OC)c2)S(C)(=O)=O)c2ccccc2O1. The number of anilines is 1. The van der Waals surface area contributed by atoms with Gasteiger partial charge in [0.25, 0.3) is 0 Å². The molecule has 2 aromatic rings.